The number of β-amino-alcohol motifs (C(OH)–C–C–N with tert-alkyl or cyclic N) is 1. The highest BCUT2D eigenvalue weighted by molar-refractivity contribution is 7.86. The number of benzene rings is 1. The minimum Gasteiger partial charge on any atom is -0.387 e. The van der Waals surface area contributed by atoms with Crippen molar-refractivity contribution in [1.82, 2.24) is 18.8 Å². The van der Waals surface area contributed by atoms with Crippen LogP contribution in [0.5, 0.6) is 0 Å². The topological polar surface area (TPSA) is 110 Å². The lowest BCUT2D eigenvalue weighted by Crippen LogP contribution is -2.65. The second-order valence-corrected chi connectivity index (χ2v) is 12.7. The molecule has 1 aromatic carbocycles. The Bertz CT molecular complexity index is 1130. The molecule has 0 saturated carbocycles. The predicted molar refractivity (Wildman–Crippen MR) is 133 cm³/mol. The number of nitrogens with zero attached hydrogens (tertiary/aromatic N) is 3. The Morgan fingerprint density at radius 1 is 1.11 bits per heavy atom. The number of alkyl halides is 3. The molecule has 2 amide bonds. The molecule has 2 N–H and O–H groups in total. The number of aliphatic hydroxyl groups is 1. The lowest BCUT2D eigenvalue weighted by atomic mass is 9.97. The molecule has 0 aromatic heterocycles. The first-order chi connectivity index (χ1) is 17.7. The zero-order valence-electron chi connectivity index (χ0n) is 21.6. The highest BCUT2D eigenvalue weighted by atomic mass is 32.2. The van der Waals surface area contributed by atoms with Crippen LogP contribution in [0.4, 0.5) is 13.2 Å². The molecule has 3 heterocycles. The van der Waals surface area contributed by atoms with Gasteiger partial charge >= 0.3 is 6.18 Å². The first-order valence-electron chi connectivity index (χ1n) is 13.0. The van der Waals surface area contributed by atoms with Gasteiger partial charge in [0.2, 0.25) is 11.8 Å². The van der Waals surface area contributed by atoms with E-state index in [2.05, 4.69) is 5.32 Å². The van der Waals surface area contributed by atoms with Gasteiger partial charge in [0.1, 0.15) is 6.04 Å². The third-order valence-electron chi connectivity index (χ3n) is 7.62. The van der Waals surface area contributed by atoms with E-state index in [-0.39, 0.29) is 31.4 Å². The minimum absolute atomic E-state index is 0.0103. The zero-order valence-corrected chi connectivity index (χ0v) is 22.4. The molecule has 9 nitrogen and oxygen atoms in total. The second kappa shape index (κ2) is 10.7. The fourth-order valence-corrected chi connectivity index (χ4v) is 7.46. The van der Waals surface area contributed by atoms with Crippen molar-refractivity contribution in [3.8, 4) is 0 Å². The summed E-state index contributed by atoms with van der Waals surface area (Å²) in [4.78, 5) is 28.2. The van der Waals surface area contributed by atoms with Crippen molar-refractivity contribution in [3.05, 3.63) is 35.4 Å². The van der Waals surface area contributed by atoms with E-state index < -0.39 is 45.6 Å². The number of nitrogens with one attached hydrogen (secondary N) is 1. The number of carbonyl (C=O) groups excluding carboxylic acids is 2. The third-order valence-corrected chi connectivity index (χ3v) is 9.52. The van der Waals surface area contributed by atoms with Crippen LogP contribution in [0.25, 0.3) is 0 Å². The summed E-state index contributed by atoms with van der Waals surface area (Å²) < 4.78 is 67.2. The maximum atomic E-state index is 13.5. The number of piperidine rings is 1. The number of hydrogen-bond donors (Lipinski definition) is 2. The number of likely N-dealkylation sites (tertiary alicyclic amines) is 1. The molecule has 1 aromatic rings. The van der Waals surface area contributed by atoms with Gasteiger partial charge in [-0.15, -0.1) is 0 Å². The maximum absolute atomic E-state index is 13.5. The summed E-state index contributed by atoms with van der Waals surface area (Å²) in [7, 11) is -3.79. The van der Waals surface area contributed by atoms with Crippen LogP contribution < -0.4 is 5.32 Å². The fourth-order valence-electron chi connectivity index (χ4n) is 5.52. The predicted octanol–water partition coefficient (Wildman–Crippen LogP) is 2.29. The molecule has 3 saturated heterocycles. The van der Waals surface area contributed by atoms with Crippen molar-refractivity contribution in [2.75, 3.05) is 32.7 Å². The van der Waals surface area contributed by atoms with Crippen LogP contribution in [-0.4, -0.2) is 83.2 Å². The van der Waals surface area contributed by atoms with E-state index in [1.807, 2.05) is 6.92 Å². The van der Waals surface area contributed by atoms with Crippen LogP contribution in [0, 0.1) is 5.92 Å². The van der Waals surface area contributed by atoms with E-state index >= 15 is 0 Å². The van der Waals surface area contributed by atoms with E-state index in [1.165, 1.54) is 25.6 Å². The van der Waals surface area contributed by atoms with Gasteiger partial charge in [0.05, 0.1) is 23.1 Å². The molecule has 0 unspecified atom stereocenters. The first kappa shape index (κ1) is 28.8. The molecule has 38 heavy (non-hydrogen) atoms. The largest absolute Gasteiger partial charge is 0.416 e. The minimum atomic E-state index is -4.45. The summed E-state index contributed by atoms with van der Waals surface area (Å²) in [6, 6.07) is 3.45. The van der Waals surface area contributed by atoms with Crippen molar-refractivity contribution in [2.24, 2.45) is 5.92 Å². The summed E-state index contributed by atoms with van der Waals surface area (Å²) >= 11 is 0. The van der Waals surface area contributed by atoms with Gasteiger partial charge in [-0.2, -0.15) is 30.2 Å². The number of amides is 2. The number of hydrogen-bond acceptors (Lipinski definition) is 5. The van der Waals surface area contributed by atoms with Gasteiger partial charge in [-0.3, -0.25) is 9.59 Å². The van der Waals surface area contributed by atoms with Gasteiger partial charge in [0.25, 0.3) is 10.2 Å². The molecule has 3 aliphatic rings. The lowest BCUT2D eigenvalue weighted by Gasteiger charge is -2.46. The summed E-state index contributed by atoms with van der Waals surface area (Å²) in [6.07, 6.45) is -1.89. The highest BCUT2D eigenvalue weighted by Gasteiger charge is 2.47. The molecule has 3 fully saturated rings. The molecule has 13 heteroatoms. The van der Waals surface area contributed by atoms with Crippen LogP contribution in [0.3, 0.4) is 0 Å². The van der Waals surface area contributed by atoms with Crippen molar-refractivity contribution in [3.63, 3.8) is 0 Å². The van der Waals surface area contributed by atoms with Crippen molar-refractivity contribution < 1.29 is 36.3 Å². The Morgan fingerprint density at radius 2 is 1.74 bits per heavy atom. The molecule has 4 rings (SSSR count). The quantitative estimate of drug-likeness (QED) is 0.532. The Hall–Kier alpha value is -2.22. The number of rotatable bonds is 7. The first-order valence-corrected chi connectivity index (χ1v) is 14.4. The summed E-state index contributed by atoms with van der Waals surface area (Å²) in [5.41, 5.74) is -1.27. The third kappa shape index (κ3) is 6.00. The Morgan fingerprint density at radius 3 is 2.32 bits per heavy atom. The van der Waals surface area contributed by atoms with Crippen molar-refractivity contribution in [1.29, 1.82) is 0 Å². The van der Waals surface area contributed by atoms with Crippen LogP contribution in [0.1, 0.15) is 63.1 Å². The van der Waals surface area contributed by atoms with Crippen LogP contribution in [0.15, 0.2) is 24.3 Å². The van der Waals surface area contributed by atoms with Gasteiger partial charge in [-0.1, -0.05) is 19.1 Å². The van der Waals surface area contributed by atoms with Crippen molar-refractivity contribution >= 4 is 22.0 Å². The normalized spacial score (nSPS) is 25.6. The molecule has 3 atom stereocenters. The van der Waals surface area contributed by atoms with Crippen LogP contribution >= 0.6 is 0 Å². The van der Waals surface area contributed by atoms with E-state index in [9.17, 15) is 36.3 Å². The molecule has 0 bridgehead atoms. The number of halogens is 3. The molecule has 0 spiro atoms. The number of carbonyl (C=O) groups is 2. The van der Waals surface area contributed by atoms with Gasteiger partial charge in [0, 0.05) is 32.7 Å². The van der Waals surface area contributed by atoms with Gasteiger partial charge in [0.15, 0.2) is 0 Å². The highest BCUT2D eigenvalue weighted by Crippen LogP contribution is 2.32. The zero-order chi connectivity index (χ0) is 27.9. The SMILES string of the molecule is CC[C@H](NC(=O)[C@H]1CCCN1C(=O)[C@H]1CCCN(S(=O)(=O)N2CC(C)(O)C2)C1)c1ccc(C(F)(F)F)cc1. The molecule has 0 aliphatic carbocycles. The van der Waals surface area contributed by atoms with E-state index in [1.54, 1.807) is 6.92 Å². The molecule has 212 valence electrons. The molecular weight excluding hydrogens is 525 g/mol. The fraction of sp³-hybridized carbons (Fsp3) is 0.680. The van der Waals surface area contributed by atoms with E-state index in [0.29, 0.717) is 50.8 Å². The smallest absolute Gasteiger partial charge is 0.387 e. The molecule has 3 aliphatic heterocycles. The molecular formula is C25H35F3N4O5S. The van der Waals surface area contributed by atoms with Crippen molar-refractivity contribution in [2.45, 2.75) is 69.8 Å². The summed E-state index contributed by atoms with van der Waals surface area (Å²) in [5, 5.41) is 12.8. The average Bonchev–Trinajstić information content (AvgIpc) is 3.35. The second-order valence-electron chi connectivity index (χ2n) is 10.7. The van der Waals surface area contributed by atoms with Gasteiger partial charge in [-0.25, -0.2) is 0 Å². The van der Waals surface area contributed by atoms with Gasteiger partial charge < -0.3 is 15.3 Å². The van der Waals surface area contributed by atoms with E-state index in [4.69, 9.17) is 0 Å². The Kier molecular flexibility index (Phi) is 8.14. The van der Waals surface area contributed by atoms with Crippen LogP contribution in [-0.2, 0) is 26.0 Å². The maximum Gasteiger partial charge on any atom is 0.416 e. The van der Waals surface area contributed by atoms with E-state index in [0.717, 1.165) is 12.1 Å². The van der Waals surface area contributed by atoms with Gasteiger partial charge in [-0.05, 0) is 56.7 Å². The monoisotopic (exact) mass is 560 g/mol. The Balaban J connectivity index is 1.40. The summed E-state index contributed by atoms with van der Waals surface area (Å²) in [6.45, 7) is 4.10. The standard InChI is InChI=1S/C25H35F3N4O5S/c1-3-20(17-8-10-19(11-9-17)25(26,27)28)29-22(33)21-7-5-13-32(21)23(34)18-6-4-12-30(14-18)38(36,37)31-15-24(2,35)16-31/h8-11,18,20-21,35H,3-7,12-16H2,1-2H3,(H,29,33)/t18-,20-,21+/m0/s1. The Labute approximate surface area is 221 Å². The average molecular weight is 561 g/mol. The van der Waals surface area contributed by atoms with Crippen LogP contribution in [0.2, 0.25) is 0 Å². The summed E-state index contributed by atoms with van der Waals surface area (Å²) in [5.74, 6) is -1.21. The lowest BCUT2D eigenvalue weighted by molar-refractivity contribution is -0.142. The molecule has 0 radical (unpaired) electrons.